The van der Waals surface area contributed by atoms with Crippen LogP contribution in [0, 0.1) is 13.8 Å². The number of carbonyl (C=O) groups is 2. The van der Waals surface area contributed by atoms with Gasteiger partial charge in [0.15, 0.2) is 0 Å². The zero-order valence-corrected chi connectivity index (χ0v) is 26.2. The zero-order chi connectivity index (χ0) is 29.4. The van der Waals surface area contributed by atoms with E-state index in [0.717, 1.165) is 36.8 Å². The average molecular weight is 611 g/mol. The third kappa shape index (κ3) is 8.60. The van der Waals surface area contributed by atoms with Crippen molar-refractivity contribution in [2.45, 2.75) is 90.8 Å². The number of hydrogen-bond donors (Lipinski definition) is 1. The number of nitrogens with one attached hydrogen (secondary N) is 1. The number of halogens is 2. The van der Waals surface area contributed by atoms with Crippen LogP contribution in [-0.2, 0) is 26.2 Å². The maximum atomic E-state index is 13.7. The number of anilines is 1. The molecule has 0 aromatic heterocycles. The molecule has 2 amide bonds. The lowest BCUT2D eigenvalue weighted by atomic mass is 9.95. The number of hydrogen-bond acceptors (Lipinski definition) is 4. The summed E-state index contributed by atoms with van der Waals surface area (Å²) in [5.74, 6) is -0.396. The SMILES string of the molecule is CC[C@@H](C(=O)NC1CCCCC1)N(Cc1ccc(Cl)cc1Cl)C(=O)CCCN(c1cccc(C)c1C)S(C)(=O)=O. The quantitative estimate of drug-likeness (QED) is 0.301. The highest BCUT2D eigenvalue weighted by Gasteiger charge is 2.31. The fourth-order valence-corrected chi connectivity index (χ4v) is 6.77. The molecule has 3 rings (SSSR count). The molecular weight excluding hydrogens is 569 g/mol. The van der Waals surface area contributed by atoms with Gasteiger partial charge >= 0.3 is 0 Å². The molecule has 1 fully saturated rings. The second-order valence-corrected chi connectivity index (χ2v) is 13.4. The molecule has 1 N–H and O–H groups in total. The Hall–Kier alpha value is -2.29. The van der Waals surface area contributed by atoms with Crippen LogP contribution >= 0.6 is 23.2 Å². The number of amides is 2. The molecule has 1 saturated carbocycles. The van der Waals surface area contributed by atoms with Crippen molar-refractivity contribution in [3.05, 3.63) is 63.1 Å². The number of aryl methyl sites for hydroxylation is 1. The standard InChI is InChI=1S/C30H41Cl2N3O4S/c1-5-27(30(37)33-25-12-7-6-8-13-25)34(20-23-16-17-24(31)19-26(23)32)29(36)15-10-18-35(40(4,38)39)28-14-9-11-21(2)22(28)3/h9,11,14,16-17,19,25,27H,5-8,10,12-13,15,18,20H2,1-4H3,(H,33,37)/t27-/m0/s1. The Balaban J connectivity index is 1.81. The Morgan fingerprint density at radius 1 is 1.07 bits per heavy atom. The summed E-state index contributed by atoms with van der Waals surface area (Å²) >= 11 is 12.5. The molecule has 2 aromatic carbocycles. The zero-order valence-electron chi connectivity index (χ0n) is 23.9. The van der Waals surface area contributed by atoms with E-state index < -0.39 is 16.1 Å². The van der Waals surface area contributed by atoms with Crippen molar-refractivity contribution in [3.63, 3.8) is 0 Å². The summed E-state index contributed by atoms with van der Waals surface area (Å²) in [6, 6.07) is 10.1. The summed E-state index contributed by atoms with van der Waals surface area (Å²) in [6.07, 6.45) is 7.22. The average Bonchev–Trinajstić information content (AvgIpc) is 2.89. The van der Waals surface area contributed by atoms with Crippen LogP contribution in [0.15, 0.2) is 36.4 Å². The first-order valence-corrected chi connectivity index (χ1v) is 16.6. The monoisotopic (exact) mass is 609 g/mol. The van der Waals surface area contributed by atoms with Gasteiger partial charge in [0.05, 0.1) is 11.9 Å². The van der Waals surface area contributed by atoms with Gasteiger partial charge in [-0.2, -0.15) is 0 Å². The Morgan fingerprint density at radius 3 is 2.40 bits per heavy atom. The van der Waals surface area contributed by atoms with E-state index in [9.17, 15) is 18.0 Å². The van der Waals surface area contributed by atoms with E-state index >= 15 is 0 Å². The van der Waals surface area contributed by atoms with Gasteiger partial charge in [0.2, 0.25) is 21.8 Å². The van der Waals surface area contributed by atoms with Gasteiger partial charge in [-0.15, -0.1) is 0 Å². The number of sulfonamides is 1. The minimum Gasteiger partial charge on any atom is -0.352 e. The molecule has 0 radical (unpaired) electrons. The maximum Gasteiger partial charge on any atom is 0.243 e. The molecular formula is C30H41Cl2N3O4S. The topological polar surface area (TPSA) is 86.8 Å². The summed E-state index contributed by atoms with van der Waals surface area (Å²) in [5, 5.41) is 4.08. The molecule has 40 heavy (non-hydrogen) atoms. The van der Waals surface area contributed by atoms with E-state index in [2.05, 4.69) is 5.32 Å². The minimum absolute atomic E-state index is 0.0787. The Labute approximate surface area is 249 Å². The number of nitrogens with zero attached hydrogens (tertiary/aromatic N) is 2. The molecule has 7 nitrogen and oxygen atoms in total. The molecule has 2 aromatic rings. The van der Waals surface area contributed by atoms with E-state index in [-0.39, 0.29) is 37.4 Å². The Morgan fingerprint density at radius 2 is 1.77 bits per heavy atom. The van der Waals surface area contributed by atoms with E-state index in [4.69, 9.17) is 23.2 Å². The summed E-state index contributed by atoms with van der Waals surface area (Å²) in [6.45, 7) is 6.02. The van der Waals surface area contributed by atoms with Crippen molar-refractivity contribution >= 4 is 50.7 Å². The van der Waals surface area contributed by atoms with Crippen LogP contribution in [0.1, 0.15) is 75.0 Å². The van der Waals surface area contributed by atoms with E-state index in [1.165, 1.54) is 17.0 Å². The third-order valence-corrected chi connectivity index (χ3v) is 9.46. The van der Waals surface area contributed by atoms with Gasteiger partial charge in [0, 0.05) is 35.6 Å². The lowest BCUT2D eigenvalue weighted by Gasteiger charge is -2.33. The molecule has 1 aliphatic rings. The van der Waals surface area contributed by atoms with Crippen molar-refractivity contribution in [1.82, 2.24) is 10.2 Å². The van der Waals surface area contributed by atoms with Crippen LogP contribution in [-0.4, -0.2) is 50.0 Å². The largest absolute Gasteiger partial charge is 0.352 e. The van der Waals surface area contributed by atoms with Crippen LogP contribution in [0.2, 0.25) is 10.0 Å². The summed E-state index contributed by atoms with van der Waals surface area (Å²) in [5.41, 5.74) is 3.17. The van der Waals surface area contributed by atoms with Crippen LogP contribution in [0.3, 0.4) is 0 Å². The molecule has 0 saturated heterocycles. The Kier molecular flexibility index (Phi) is 11.7. The first-order chi connectivity index (χ1) is 18.9. The fourth-order valence-electron chi connectivity index (χ4n) is 5.29. The summed E-state index contributed by atoms with van der Waals surface area (Å²) in [4.78, 5) is 28.7. The van der Waals surface area contributed by atoms with Crippen LogP contribution in [0.5, 0.6) is 0 Å². The summed E-state index contributed by atoms with van der Waals surface area (Å²) < 4.78 is 26.7. The second kappa shape index (κ2) is 14.6. The van der Waals surface area contributed by atoms with E-state index in [0.29, 0.717) is 34.1 Å². The van der Waals surface area contributed by atoms with Gasteiger partial charge in [0.25, 0.3) is 0 Å². The smallest absolute Gasteiger partial charge is 0.243 e. The first-order valence-electron chi connectivity index (χ1n) is 14.0. The maximum absolute atomic E-state index is 13.7. The van der Waals surface area contributed by atoms with Gasteiger partial charge in [-0.1, -0.05) is 67.6 Å². The van der Waals surface area contributed by atoms with Crippen molar-refractivity contribution < 1.29 is 18.0 Å². The fraction of sp³-hybridized carbons (Fsp3) is 0.533. The van der Waals surface area contributed by atoms with Gasteiger partial charge in [-0.25, -0.2) is 8.42 Å². The minimum atomic E-state index is -3.57. The van der Waals surface area contributed by atoms with Crippen LogP contribution in [0.4, 0.5) is 5.69 Å². The van der Waals surface area contributed by atoms with Gasteiger partial charge in [0.1, 0.15) is 6.04 Å². The molecule has 0 spiro atoms. The van der Waals surface area contributed by atoms with Crippen LogP contribution in [0.25, 0.3) is 0 Å². The van der Waals surface area contributed by atoms with Crippen molar-refractivity contribution in [3.8, 4) is 0 Å². The van der Waals surface area contributed by atoms with E-state index in [1.54, 1.807) is 29.2 Å². The molecule has 1 aliphatic carbocycles. The predicted octanol–water partition coefficient (Wildman–Crippen LogP) is 6.41. The normalized spacial score (nSPS) is 14.9. The highest BCUT2D eigenvalue weighted by molar-refractivity contribution is 7.92. The summed E-state index contributed by atoms with van der Waals surface area (Å²) in [7, 11) is -3.57. The molecule has 0 aliphatic heterocycles. The van der Waals surface area contributed by atoms with Crippen molar-refractivity contribution in [1.29, 1.82) is 0 Å². The van der Waals surface area contributed by atoms with E-state index in [1.807, 2.05) is 32.9 Å². The molecule has 0 bridgehead atoms. The Bertz CT molecular complexity index is 1300. The van der Waals surface area contributed by atoms with Crippen molar-refractivity contribution in [2.75, 3.05) is 17.1 Å². The predicted molar refractivity (Wildman–Crippen MR) is 163 cm³/mol. The van der Waals surface area contributed by atoms with Gasteiger partial charge in [-0.3, -0.25) is 13.9 Å². The highest BCUT2D eigenvalue weighted by Crippen LogP contribution is 2.27. The molecule has 1 atom stereocenters. The molecule has 10 heteroatoms. The lowest BCUT2D eigenvalue weighted by molar-refractivity contribution is -0.141. The number of carbonyl (C=O) groups excluding carboxylic acids is 2. The van der Waals surface area contributed by atoms with Gasteiger partial charge < -0.3 is 10.2 Å². The third-order valence-electron chi connectivity index (χ3n) is 7.69. The lowest BCUT2D eigenvalue weighted by Crippen LogP contribution is -2.51. The number of rotatable bonds is 12. The second-order valence-electron chi connectivity index (χ2n) is 10.7. The number of benzene rings is 2. The molecule has 0 heterocycles. The molecule has 0 unspecified atom stereocenters. The molecule has 220 valence electrons. The first kappa shape index (κ1) is 32.2. The van der Waals surface area contributed by atoms with Crippen molar-refractivity contribution in [2.24, 2.45) is 0 Å². The van der Waals surface area contributed by atoms with Crippen LogP contribution < -0.4 is 9.62 Å². The highest BCUT2D eigenvalue weighted by atomic mass is 35.5. The van der Waals surface area contributed by atoms with Gasteiger partial charge in [-0.05, 0) is 74.4 Å².